The van der Waals surface area contributed by atoms with Gasteiger partial charge in [-0.15, -0.1) is 0 Å². The summed E-state index contributed by atoms with van der Waals surface area (Å²) in [6.45, 7) is 4.77. The summed E-state index contributed by atoms with van der Waals surface area (Å²) < 4.78 is 10.7. The summed E-state index contributed by atoms with van der Waals surface area (Å²) in [7, 11) is 0. The van der Waals surface area contributed by atoms with Crippen LogP contribution in [0, 0.1) is 11.8 Å². The standard InChI is InChI=1S/C17H25NO2/c1-13-2-4-14(5-3-13)8-9-18-11-15-6-7-16-17(10-15)20-12-19-16/h6-7,10,13-14,18H,2-5,8-9,11-12H2,1H3. The molecule has 0 bridgehead atoms. The van der Waals surface area contributed by atoms with Gasteiger partial charge in [0.1, 0.15) is 0 Å². The molecule has 1 aliphatic heterocycles. The number of nitrogens with one attached hydrogen (secondary N) is 1. The Morgan fingerprint density at radius 1 is 1.10 bits per heavy atom. The minimum Gasteiger partial charge on any atom is -0.454 e. The van der Waals surface area contributed by atoms with Crippen molar-refractivity contribution in [2.45, 2.75) is 45.6 Å². The summed E-state index contributed by atoms with van der Waals surface area (Å²) >= 11 is 0. The van der Waals surface area contributed by atoms with Crippen LogP contribution in [-0.4, -0.2) is 13.3 Å². The average molecular weight is 275 g/mol. The molecule has 1 fully saturated rings. The first-order valence-electron chi connectivity index (χ1n) is 7.90. The Morgan fingerprint density at radius 3 is 2.75 bits per heavy atom. The summed E-state index contributed by atoms with van der Waals surface area (Å²) in [4.78, 5) is 0. The van der Waals surface area contributed by atoms with Gasteiger partial charge >= 0.3 is 0 Å². The highest BCUT2D eigenvalue weighted by atomic mass is 16.7. The van der Waals surface area contributed by atoms with Crippen molar-refractivity contribution in [2.75, 3.05) is 13.3 Å². The second kappa shape index (κ2) is 6.49. The molecule has 1 aromatic rings. The van der Waals surface area contributed by atoms with Crippen LogP contribution in [0.15, 0.2) is 18.2 Å². The molecule has 0 unspecified atom stereocenters. The lowest BCUT2D eigenvalue weighted by atomic mass is 9.81. The largest absolute Gasteiger partial charge is 0.454 e. The van der Waals surface area contributed by atoms with Crippen molar-refractivity contribution in [3.8, 4) is 11.5 Å². The molecule has 110 valence electrons. The maximum atomic E-state index is 5.40. The number of hydrogen-bond donors (Lipinski definition) is 1. The lowest BCUT2D eigenvalue weighted by Crippen LogP contribution is -2.20. The van der Waals surface area contributed by atoms with E-state index in [1.165, 1.54) is 37.7 Å². The third kappa shape index (κ3) is 3.45. The van der Waals surface area contributed by atoms with Crippen LogP contribution in [0.25, 0.3) is 0 Å². The van der Waals surface area contributed by atoms with Crippen LogP contribution in [-0.2, 0) is 6.54 Å². The van der Waals surface area contributed by atoms with Crippen LogP contribution in [0.2, 0.25) is 0 Å². The van der Waals surface area contributed by atoms with Crippen molar-refractivity contribution in [3.63, 3.8) is 0 Å². The topological polar surface area (TPSA) is 30.5 Å². The van der Waals surface area contributed by atoms with Gasteiger partial charge in [-0.05, 0) is 42.5 Å². The fourth-order valence-corrected chi connectivity index (χ4v) is 3.21. The molecule has 1 aliphatic carbocycles. The molecule has 0 amide bonds. The first-order chi connectivity index (χ1) is 9.81. The van der Waals surface area contributed by atoms with Gasteiger partial charge in [-0.25, -0.2) is 0 Å². The van der Waals surface area contributed by atoms with Crippen molar-refractivity contribution < 1.29 is 9.47 Å². The maximum Gasteiger partial charge on any atom is 0.231 e. The van der Waals surface area contributed by atoms with Crippen LogP contribution >= 0.6 is 0 Å². The van der Waals surface area contributed by atoms with E-state index in [-0.39, 0.29) is 0 Å². The first-order valence-corrected chi connectivity index (χ1v) is 7.90. The van der Waals surface area contributed by atoms with E-state index in [9.17, 15) is 0 Å². The molecule has 3 heteroatoms. The minimum atomic E-state index is 0.353. The van der Waals surface area contributed by atoms with Gasteiger partial charge in [-0.2, -0.15) is 0 Å². The summed E-state index contributed by atoms with van der Waals surface area (Å²) in [5.74, 6) is 3.64. The molecule has 3 rings (SSSR count). The number of rotatable bonds is 5. The molecule has 1 saturated carbocycles. The summed E-state index contributed by atoms with van der Waals surface area (Å²) in [6.07, 6.45) is 7.01. The van der Waals surface area contributed by atoms with E-state index in [1.807, 2.05) is 6.07 Å². The van der Waals surface area contributed by atoms with Gasteiger partial charge in [0.15, 0.2) is 11.5 Å². The van der Waals surface area contributed by atoms with E-state index < -0.39 is 0 Å². The van der Waals surface area contributed by atoms with Gasteiger partial charge in [0.05, 0.1) is 0 Å². The van der Waals surface area contributed by atoms with E-state index in [4.69, 9.17) is 9.47 Å². The predicted molar refractivity (Wildman–Crippen MR) is 80.0 cm³/mol. The third-order valence-electron chi connectivity index (χ3n) is 4.63. The van der Waals surface area contributed by atoms with Crippen LogP contribution in [0.4, 0.5) is 0 Å². The number of benzene rings is 1. The molecule has 1 heterocycles. The molecule has 20 heavy (non-hydrogen) atoms. The van der Waals surface area contributed by atoms with Gasteiger partial charge in [-0.1, -0.05) is 38.7 Å². The van der Waals surface area contributed by atoms with Crippen molar-refractivity contribution >= 4 is 0 Å². The SMILES string of the molecule is CC1CCC(CCNCc2ccc3c(c2)OCO3)CC1. The number of fused-ring (bicyclic) bond motifs is 1. The summed E-state index contributed by atoms with van der Waals surface area (Å²) in [5.41, 5.74) is 1.27. The van der Waals surface area contributed by atoms with Crippen molar-refractivity contribution in [3.05, 3.63) is 23.8 Å². The number of hydrogen-bond acceptors (Lipinski definition) is 3. The van der Waals surface area contributed by atoms with Crippen LogP contribution in [0.1, 0.15) is 44.6 Å². The molecule has 2 aliphatic rings. The fraction of sp³-hybridized carbons (Fsp3) is 0.647. The van der Waals surface area contributed by atoms with Crippen molar-refractivity contribution in [1.82, 2.24) is 5.32 Å². The Labute approximate surface area is 121 Å². The lowest BCUT2D eigenvalue weighted by Gasteiger charge is -2.26. The smallest absolute Gasteiger partial charge is 0.231 e. The monoisotopic (exact) mass is 275 g/mol. The predicted octanol–water partition coefficient (Wildman–Crippen LogP) is 3.72. The molecular weight excluding hydrogens is 250 g/mol. The van der Waals surface area contributed by atoms with E-state index in [2.05, 4.69) is 24.4 Å². The van der Waals surface area contributed by atoms with Gasteiger partial charge in [0.2, 0.25) is 6.79 Å². The Bertz CT molecular complexity index is 439. The molecule has 0 aromatic heterocycles. The maximum absolute atomic E-state index is 5.40. The molecule has 0 atom stereocenters. The van der Waals surface area contributed by atoms with E-state index in [0.717, 1.165) is 36.4 Å². The van der Waals surface area contributed by atoms with E-state index in [1.54, 1.807) is 0 Å². The average Bonchev–Trinajstić information content (AvgIpc) is 2.93. The van der Waals surface area contributed by atoms with Gasteiger partial charge in [-0.3, -0.25) is 0 Å². The first kappa shape index (κ1) is 13.7. The van der Waals surface area contributed by atoms with E-state index in [0.29, 0.717) is 6.79 Å². The molecule has 3 nitrogen and oxygen atoms in total. The Morgan fingerprint density at radius 2 is 1.90 bits per heavy atom. The molecular formula is C17H25NO2. The molecule has 0 radical (unpaired) electrons. The van der Waals surface area contributed by atoms with Crippen molar-refractivity contribution in [1.29, 1.82) is 0 Å². The summed E-state index contributed by atoms with van der Waals surface area (Å²) in [5, 5.41) is 3.56. The highest BCUT2D eigenvalue weighted by molar-refractivity contribution is 5.44. The third-order valence-corrected chi connectivity index (χ3v) is 4.63. The zero-order valence-electron chi connectivity index (χ0n) is 12.4. The fourth-order valence-electron chi connectivity index (χ4n) is 3.21. The second-order valence-corrected chi connectivity index (χ2v) is 6.28. The van der Waals surface area contributed by atoms with E-state index >= 15 is 0 Å². The Hall–Kier alpha value is -1.22. The Kier molecular flexibility index (Phi) is 4.46. The molecule has 1 aromatic carbocycles. The lowest BCUT2D eigenvalue weighted by molar-refractivity contribution is 0.174. The van der Waals surface area contributed by atoms with Crippen LogP contribution in [0.3, 0.4) is 0 Å². The molecule has 1 N–H and O–H groups in total. The minimum absolute atomic E-state index is 0.353. The quantitative estimate of drug-likeness (QED) is 0.831. The number of ether oxygens (including phenoxy) is 2. The Balaban J connectivity index is 1.37. The van der Waals surface area contributed by atoms with Crippen LogP contribution < -0.4 is 14.8 Å². The summed E-state index contributed by atoms with van der Waals surface area (Å²) in [6, 6.07) is 6.20. The normalized spacial score (nSPS) is 24.9. The van der Waals surface area contributed by atoms with Gasteiger partial charge in [0.25, 0.3) is 0 Å². The highest BCUT2D eigenvalue weighted by Crippen LogP contribution is 2.32. The molecule has 0 saturated heterocycles. The van der Waals surface area contributed by atoms with Crippen LogP contribution in [0.5, 0.6) is 11.5 Å². The van der Waals surface area contributed by atoms with Gasteiger partial charge in [0, 0.05) is 6.54 Å². The second-order valence-electron chi connectivity index (χ2n) is 6.28. The van der Waals surface area contributed by atoms with Crippen molar-refractivity contribution in [2.24, 2.45) is 11.8 Å². The zero-order valence-corrected chi connectivity index (χ0v) is 12.4. The highest BCUT2D eigenvalue weighted by Gasteiger charge is 2.17. The van der Waals surface area contributed by atoms with Gasteiger partial charge < -0.3 is 14.8 Å². The molecule has 0 spiro atoms. The zero-order chi connectivity index (χ0) is 13.8.